The maximum absolute atomic E-state index is 14.7. The third-order valence-corrected chi connectivity index (χ3v) is 17.5. The number of aromatic hydroxyl groups is 1. The fourth-order valence-electron chi connectivity index (χ4n) is 10.4. The molecule has 3 aromatic carbocycles. The van der Waals surface area contributed by atoms with Gasteiger partial charge in [0.15, 0.2) is 5.96 Å². The average molecular weight is 1390 g/mol. The molecule has 0 bridgehead atoms. The predicted octanol–water partition coefficient (Wildman–Crippen LogP) is -0.858. The minimum atomic E-state index is -1.50. The van der Waals surface area contributed by atoms with Crippen LogP contribution in [0.5, 0.6) is 5.75 Å². The molecule has 1 fully saturated rings. The van der Waals surface area contributed by atoms with Gasteiger partial charge in [0.05, 0.1) is 6.04 Å². The fraction of sp³-hybridized carbons (Fsp3) is 0.492. The summed E-state index contributed by atoms with van der Waals surface area (Å²) in [5.41, 5.74) is 20.0. The fourth-order valence-corrected chi connectivity index (χ4v) is 11.5. The molecule has 0 saturated carbocycles. The van der Waals surface area contributed by atoms with Crippen LogP contribution in [0, 0.1) is 11.8 Å². The zero-order valence-corrected chi connectivity index (χ0v) is 56.9. The van der Waals surface area contributed by atoms with E-state index in [2.05, 4.69) is 108 Å². The van der Waals surface area contributed by atoms with Crippen LogP contribution in [0.1, 0.15) is 76.5 Å². The number of H-pyrrole nitrogens is 1. The van der Waals surface area contributed by atoms with Gasteiger partial charge < -0.3 is 85.1 Å². The second-order valence-corrected chi connectivity index (χ2v) is 24.9. The number of carboxylic acids is 1. The van der Waals surface area contributed by atoms with Gasteiger partial charge in [-0.25, -0.2) is 4.79 Å². The largest absolute Gasteiger partial charge is 0.508 e. The number of likely N-dealkylation sites (tertiary alicyclic amines) is 1. The number of aromatic nitrogens is 1. The molecule has 12 atom stereocenters. The van der Waals surface area contributed by atoms with Crippen LogP contribution < -0.4 is 65.1 Å². The summed E-state index contributed by atoms with van der Waals surface area (Å²) in [7, 11) is 0. The summed E-state index contributed by atoms with van der Waals surface area (Å²) >= 11 is 17.1. The van der Waals surface area contributed by atoms with Crippen molar-refractivity contribution < 1.29 is 63.0 Å². The van der Waals surface area contributed by atoms with Crippen LogP contribution in [0.2, 0.25) is 0 Å². The van der Waals surface area contributed by atoms with E-state index >= 15 is 0 Å². The van der Waals surface area contributed by atoms with Crippen LogP contribution in [0.15, 0.2) is 90.1 Å². The number of amides is 10. The number of aliphatic carboxylic acids is 1. The number of hydrogen-bond acceptors (Lipinski definition) is 18. The number of aromatic amines is 1. The first-order valence-electron chi connectivity index (χ1n) is 31.1. The molecule has 28 nitrogen and oxygen atoms in total. The number of nitrogens with one attached hydrogen (secondary N) is 10. The number of nitrogens with zero attached hydrogens (tertiary/aromatic N) is 2. The number of phenols is 1. The number of rotatable bonds is 37. The van der Waals surface area contributed by atoms with Gasteiger partial charge in [-0.15, -0.1) is 0 Å². The predicted molar refractivity (Wildman–Crippen MR) is 371 cm³/mol. The number of guanidine groups is 1. The summed E-state index contributed by atoms with van der Waals surface area (Å²) in [4.78, 5) is 161. The van der Waals surface area contributed by atoms with E-state index in [-0.39, 0.29) is 86.3 Å². The Bertz CT molecular complexity index is 3330. The van der Waals surface area contributed by atoms with Gasteiger partial charge in [0.2, 0.25) is 59.1 Å². The van der Waals surface area contributed by atoms with Crippen LogP contribution in [0.4, 0.5) is 0 Å². The summed E-state index contributed by atoms with van der Waals surface area (Å²) in [6.07, 6.45) is 2.39. The van der Waals surface area contributed by atoms with Gasteiger partial charge in [-0.1, -0.05) is 94.8 Å². The zero-order chi connectivity index (χ0) is 70.1. The SMILES string of the molecule is CCC(C)C(NC(=O)C(NC(=O)C1CCCN1C(=O)C(CS)NC(=O)C(CS)NC(=O)C(N)Cc1ccccc1)C(C)C)C(=O)NC(CCCN=C(N)N)C(=O)NC(Cc1ccc(O)cc1)C(=O)NC(CS)C(=O)NC(CS)C(=O)NC(Cc1c[nH]c2ccccc12)C(=O)O. The minimum absolute atomic E-state index is 0.00141. The van der Waals surface area contributed by atoms with Gasteiger partial charge in [0, 0.05) is 66.0 Å². The van der Waals surface area contributed by atoms with Crippen LogP contribution >= 0.6 is 50.5 Å². The number of thiol groups is 4. The number of carbonyl (C=O) groups is 11. The van der Waals surface area contributed by atoms with E-state index in [0.29, 0.717) is 24.0 Å². The molecule has 95 heavy (non-hydrogen) atoms. The summed E-state index contributed by atoms with van der Waals surface area (Å²) in [5, 5.41) is 44.6. The first-order chi connectivity index (χ1) is 45.2. The maximum atomic E-state index is 14.7. The van der Waals surface area contributed by atoms with E-state index in [1.165, 1.54) is 29.2 Å². The Balaban J connectivity index is 1.29. The molecule has 1 aromatic heterocycles. The number of benzene rings is 3. The summed E-state index contributed by atoms with van der Waals surface area (Å²) < 4.78 is 0. The maximum Gasteiger partial charge on any atom is 0.326 e. The molecule has 1 saturated heterocycles. The molecule has 2 heterocycles. The van der Waals surface area contributed by atoms with Crippen molar-refractivity contribution >= 4 is 132 Å². The highest BCUT2D eigenvalue weighted by Crippen LogP contribution is 2.22. The average Bonchev–Trinajstić information content (AvgIpc) is 2.26. The number of carbonyl (C=O) groups excluding carboxylic acids is 10. The number of fused-ring (bicyclic) bond motifs is 1. The highest BCUT2D eigenvalue weighted by molar-refractivity contribution is 7.80. The summed E-state index contributed by atoms with van der Waals surface area (Å²) in [5.74, 6) is -11.7. The van der Waals surface area contributed by atoms with E-state index in [0.717, 1.165) is 16.5 Å². The van der Waals surface area contributed by atoms with Crippen molar-refractivity contribution in [3.8, 4) is 5.75 Å². The third kappa shape index (κ3) is 23.3. The van der Waals surface area contributed by atoms with Crippen molar-refractivity contribution in [1.82, 2.24) is 57.7 Å². The van der Waals surface area contributed by atoms with Crippen molar-refractivity contribution in [1.29, 1.82) is 0 Å². The lowest BCUT2D eigenvalue weighted by Crippen LogP contribution is -2.62. The molecular formula is C63H89N15O13S4. The Kier molecular flexibility index (Phi) is 31.3. The van der Waals surface area contributed by atoms with Crippen LogP contribution in [0.25, 0.3) is 10.9 Å². The van der Waals surface area contributed by atoms with E-state index in [1.54, 1.807) is 58.2 Å². The van der Waals surface area contributed by atoms with Crippen molar-refractivity contribution in [3.05, 3.63) is 102 Å². The van der Waals surface area contributed by atoms with Crippen LogP contribution in [-0.2, 0) is 72.0 Å². The molecule has 1 aliphatic rings. The van der Waals surface area contributed by atoms with Crippen molar-refractivity contribution in [3.63, 3.8) is 0 Å². The molecular weight excluding hydrogens is 1300 g/mol. The normalized spacial score (nSPS) is 16.3. The molecule has 0 aliphatic carbocycles. The van der Waals surface area contributed by atoms with Gasteiger partial charge in [0.25, 0.3) is 0 Å². The Morgan fingerprint density at radius 1 is 0.589 bits per heavy atom. The molecule has 10 amide bonds. The third-order valence-electron chi connectivity index (χ3n) is 16.1. The van der Waals surface area contributed by atoms with Gasteiger partial charge in [-0.05, 0) is 78.8 Å². The summed E-state index contributed by atoms with van der Waals surface area (Å²) in [6, 6.07) is 7.61. The lowest BCUT2D eigenvalue weighted by atomic mass is 9.95. The molecule has 12 unspecified atom stereocenters. The van der Waals surface area contributed by atoms with E-state index < -0.39 is 143 Å². The van der Waals surface area contributed by atoms with Gasteiger partial charge in [0.1, 0.15) is 66.2 Å². The van der Waals surface area contributed by atoms with Gasteiger partial charge >= 0.3 is 5.97 Å². The number of hydrogen-bond donors (Lipinski definition) is 19. The van der Waals surface area contributed by atoms with Crippen molar-refractivity contribution in [2.75, 3.05) is 36.1 Å². The van der Waals surface area contributed by atoms with E-state index in [1.807, 2.05) is 30.3 Å². The standard InChI is InChI=1S/C63H89N15O13S4/c1-5-34(4)51(77-59(87)50(33(2)3)76-58(86)49-18-12-24-78(49)61(89)48(32-95)75-57(85)45(29-92)72-52(80)40(64)25-35-13-7-6-8-14-35)60(88)69-42(17-11-23-67-63(65)66)53(81)70-43(26-36-19-21-38(79)22-20-36)54(82)73-47(31-94)56(84)74-46(30-93)55(83)71-44(62(90)91)27-37-28-68-41-16-10-9-15-39(37)41/h6-10,13-16,19-22,28,33-34,40,42-51,68,79,92-95H,5,11-12,17-18,23-27,29-32,64H2,1-4H3,(H,69,88)(H,70,81)(H,71,83)(H,72,80)(H,73,82)(H,74,84)(H,75,85)(H,76,86)(H,77,87)(H,90,91)(H4,65,66,67). The van der Waals surface area contributed by atoms with E-state index in [9.17, 15) is 63.0 Å². The number of para-hydroxylation sites is 1. The molecule has 4 aromatic rings. The highest BCUT2D eigenvalue weighted by atomic mass is 32.1. The lowest BCUT2D eigenvalue weighted by molar-refractivity contribution is -0.142. The number of aliphatic imine (C=N–C) groups is 1. The first-order valence-corrected chi connectivity index (χ1v) is 33.6. The Morgan fingerprint density at radius 2 is 1.09 bits per heavy atom. The lowest BCUT2D eigenvalue weighted by Gasteiger charge is -2.32. The van der Waals surface area contributed by atoms with Gasteiger partial charge in [-0.3, -0.25) is 52.9 Å². The first kappa shape index (κ1) is 77.5. The second-order valence-electron chi connectivity index (χ2n) is 23.5. The van der Waals surface area contributed by atoms with Crippen LogP contribution in [0.3, 0.4) is 0 Å². The molecule has 5 rings (SSSR count). The van der Waals surface area contributed by atoms with Crippen molar-refractivity contribution in [2.45, 2.75) is 146 Å². The molecule has 18 N–H and O–H groups in total. The molecule has 0 spiro atoms. The smallest absolute Gasteiger partial charge is 0.326 e. The Hall–Kier alpha value is -8.20. The number of carboxylic acid groups (broad SMARTS) is 1. The quantitative estimate of drug-likeness (QED) is 0.0113. The molecule has 32 heteroatoms. The molecule has 1 aliphatic heterocycles. The Morgan fingerprint density at radius 3 is 1.66 bits per heavy atom. The van der Waals surface area contributed by atoms with Crippen LogP contribution in [-0.4, -0.2) is 194 Å². The topological polar surface area (TPSA) is 446 Å². The molecule has 0 radical (unpaired) electrons. The van der Waals surface area contributed by atoms with E-state index in [4.69, 9.17) is 17.2 Å². The van der Waals surface area contributed by atoms with Crippen molar-refractivity contribution in [2.24, 2.45) is 34.0 Å². The number of phenolic OH excluding ortho intramolecular Hbond substituents is 1. The Labute approximate surface area is 573 Å². The monoisotopic (exact) mass is 1390 g/mol. The zero-order valence-electron chi connectivity index (χ0n) is 53.3. The summed E-state index contributed by atoms with van der Waals surface area (Å²) in [6.45, 7) is 6.90. The highest BCUT2D eigenvalue weighted by Gasteiger charge is 2.41. The van der Waals surface area contributed by atoms with Gasteiger partial charge in [-0.2, -0.15) is 50.5 Å². The molecule has 518 valence electrons. The second kappa shape index (κ2) is 38.4. The minimum Gasteiger partial charge on any atom is -0.508 e. The number of nitrogens with two attached hydrogens (primary N) is 3.